The van der Waals surface area contributed by atoms with Gasteiger partial charge in [-0.2, -0.15) is 0 Å². The summed E-state index contributed by atoms with van der Waals surface area (Å²) < 4.78 is 0. The minimum absolute atomic E-state index is 0.314. The maximum absolute atomic E-state index is 3.45. The van der Waals surface area contributed by atoms with Gasteiger partial charge in [-0.1, -0.05) is 19.3 Å². The number of rotatable bonds is 4. The predicted molar refractivity (Wildman–Crippen MR) is 78.0 cm³/mol. The molecule has 0 atom stereocenters. The summed E-state index contributed by atoms with van der Waals surface area (Å²) in [5.74, 6) is 0. The number of hydrogen-bond donors (Lipinski definition) is 1. The molecule has 3 nitrogen and oxygen atoms in total. The lowest BCUT2D eigenvalue weighted by Gasteiger charge is -2.45. The Morgan fingerprint density at radius 3 is 2.33 bits per heavy atom. The van der Waals surface area contributed by atoms with Gasteiger partial charge in [0, 0.05) is 44.3 Å². The van der Waals surface area contributed by atoms with Crippen LogP contribution in [0, 0.1) is 0 Å². The molecule has 0 amide bonds. The van der Waals surface area contributed by atoms with Crippen LogP contribution in [0.5, 0.6) is 0 Å². The fourth-order valence-electron chi connectivity index (χ4n) is 3.63. The average molecular weight is 253 g/mol. The van der Waals surface area contributed by atoms with Crippen LogP contribution in [-0.2, 0) is 0 Å². The van der Waals surface area contributed by atoms with E-state index in [0.717, 1.165) is 19.1 Å². The smallest absolute Gasteiger partial charge is 0.0281 e. The SMILES string of the molecule is CN(CC(C)(C)N1CCNCC1)C1CCCCC1. The quantitative estimate of drug-likeness (QED) is 0.826. The minimum atomic E-state index is 0.314. The lowest BCUT2D eigenvalue weighted by atomic mass is 9.92. The summed E-state index contributed by atoms with van der Waals surface area (Å²) in [5, 5.41) is 3.45. The normalized spacial score (nSPS) is 24.7. The molecule has 0 aromatic heterocycles. The van der Waals surface area contributed by atoms with E-state index in [9.17, 15) is 0 Å². The van der Waals surface area contributed by atoms with E-state index in [1.807, 2.05) is 0 Å². The molecule has 1 aliphatic carbocycles. The standard InChI is InChI=1S/C15H31N3/c1-15(2,18-11-9-16-10-12-18)13-17(3)14-7-5-4-6-8-14/h14,16H,4-13H2,1-3H3. The topological polar surface area (TPSA) is 18.5 Å². The van der Waals surface area contributed by atoms with Crippen LogP contribution in [0.3, 0.4) is 0 Å². The van der Waals surface area contributed by atoms with E-state index in [4.69, 9.17) is 0 Å². The third-order valence-electron chi connectivity index (χ3n) is 4.81. The largest absolute Gasteiger partial charge is 0.314 e. The second-order valence-electron chi connectivity index (χ2n) is 6.76. The van der Waals surface area contributed by atoms with Crippen molar-refractivity contribution in [3.63, 3.8) is 0 Å². The predicted octanol–water partition coefficient (Wildman–Crippen LogP) is 1.93. The van der Waals surface area contributed by atoms with Crippen molar-refractivity contribution in [3.8, 4) is 0 Å². The van der Waals surface area contributed by atoms with Gasteiger partial charge in [-0.15, -0.1) is 0 Å². The summed E-state index contributed by atoms with van der Waals surface area (Å²) in [6.45, 7) is 10.7. The van der Waals surface area contributed by atoms with Crippen molar-refractivity contribution in [2.24, 2.45) is 0 Å². The van der Waals surface area contributed by atoms with Gasteiger partial charge in [-0.3, -0.25) is 4.90 Å². The second-order valence-corrected chi connectivity index (χ2v) is 6.76. The molecule has 106 valence electrons. The molecule has 1 aliphatic heterocycles. The first-order valence-electron chi connectivity index (χ1n) is 7.75. The highest BCUT2D eigenvalue weighted by atomic mass is 15.3. The van der Waals surface area contributed by atoms with Crippen molar-refractivity contribution in [2.75, 3.05) is 39.8 Å². The van der Waals surface area contributed by atoms with E-state index < -0.39 is 0 Å². The zero-order valence-corrected chi connectivity index (χ0v) is 12.5. The molecule has 2 aliphatic rings. The number of hydrogen-bond acceptors (Lipinski definition) is 3. The molecule has 1 N–H and O–H groups in total. The molecular weight excluding hydrogens is 222 g/mol. The van der Waals surface area contributed by atoms with Crippen molar-refractivity contribution in [1.29, 1.82) is 0 Å². The Balaban J connectivity index is 1.85. The van der Waals surface area contributed by atoms with Gasteiger partial charge in [0.05, 0.1) is 0 Å². The van der Waals surface area contributed by atoms with Gasteiger partial charge >= 0.3 is 0 Å². The molecule has 1 heterocycles. The highest BCUT2D eigenvalue weighted by Crippen LogP contribution is 2.24. The molecule has 0 unspecified atom stereocenters. The van der Waals surface area contributed by atoms with Crippen LogP contribution in [-0.4, -0.2) is 61.2 Å². The molecule has 0 aromatic rings. The lowest BCUT2D eigenvalue weighted by Crippen LogP contribution is -2.58. The Labute approximate surface area is 113 Å². The van der Waals surface area contributed by atoms with Gasteiger partial charge in [-0.25, -0.2) is 0 Å². The highest BCUT2D eigenvalue weighted by Gasteiger charge is 2.31. The van der Waals surface area contributed by atoms with Gasteiger partial charge < -0.3 is 10.2 Å². The molecule has 1 saturated carbocycles. The minimum Gasteiger partial charge on any atom is -0.314 e. The molecule has 0 spiro atoms. The molecular formula is C15H31N3. The molecule has 1 saturated heterocycles. The third kappa shape index (κ3) is 3.69. The first-order valence-corrected chi connectivity index (χ1v) is 7.75. The van der Waals surface area contributed by atoms with Crippen LogP contribution in [0.2, 0.25) is 0 Å². The van der Waals surface area contributed by atoms with E-state index in [2.05, 4.69) is 36.0 Å². The molecule has 18 heavy (non-hydrogen) atoms. The van der Waals surface area contributed by atoms with Crippen molar-refractivity contribution < 1.29 is 0 Å². The summed E-state index contributed by atoms with van der Waals surface area (Å²) in [5.41, 5.74) is 0.314. The molecule has 0 radical (unpaired) electrons. The van der Waals surface area contributed by atoms with Crippen molar-refractivity contribution in [2.45, 2.75) is 57.5 Å². The average Bonchev–Trinajstić information content (AvgIpc) is 2.40. The Hall–Kier alpha value is -0.120. The van der Waals surface area contributed by atoms with Crippen LogP contribution in [0.1, 0.15) is 46.0 Å². The van der Waals surface area contributed by atoms with Crippen molar-refractivity contribution >= 4 is 0 Å². The Morgan fingerprint density at radius 1 is 1.11 bits per heavy atom. The summed E-state index contributed by atoms with van der Waals surface area (Å²) in [4.78, 5) is 5.28. The summed E-state index contributed by atoms with van der Waals surface area (Å²) in [6.07, 6.45) is 7.14. The Morgan fingerprint density at radius 2 is 1.72 bits per heavy atom. The van der Waals surface area contributed by atoms with Gasteiger partial charge in [0.15, 0.2) is 0 Å². The lowest BCUT2D eigenvalue weighted by molar-refractivity contribution is 0.0510. The molecule has 3 heteroatoms. The fraction of sp³-hybridized carbons (Fsp3) is 1.00. The maximum Gasteiger partial charge on any atom is 0.0281 e. The number of piperazine rings is 1. The highest BCUT2D eigenvalue weighted by molar-refractivity contribution is 4.89. The summed E-state index contributed by atoms with van der Waals surface area (Å²) in [6, 6.07) is 0.834. The first-order chi connectivity index (χ1) is 8.59. The zero-order chi connectivity index (χ0) is 13.0. The Kier molecular flexibility index (Phi) is 5.05. The first kappa shape index (κ1) is 14.3. The van der Waals surface area contributed by atoms with E-state index in [1.165, 1.54) is 51.7 Å². The number of likely N-dealkylation sites (N-methyl/N-ethyl adjacent to an activating group) is 1. The van der Waals surface area contributed by atoms with E-state index in [-0.39, 0.29) is 0 Å². The third-order valence-corrected chi connectivity index (χ3v) is 4.81. The van der Waals surface area contributed by atoms with Crippen LogP contribution in [0.25, 0.3) is 0 Å². The number of nitrogens with zero attached hydrogens (tertiary/aromatic N) is 2. The monoisotopic (exact) mass is 253 g/mol. The van der Waals surface area contributed by atoms with Crippen LogP contribution >= 0.6 is 0 Å². The number of nitrogens with one attached hydrogen (secondary N) is 1. The van der Waals surface area contributed by atoms with Gasteiger partial charge in [-0.05, 0) is 33.7 Å². The zero-order valence-electron chi connectivity index (χ0n) is 12.5. The molecule has 2 fully saturated rings. The summed E-state index contributed by atoms with van der Waals surface area (Å²) >= 11 is 0. The second kappa shape index (κ2) is 6.36. The van der Waals surface area contributed by atoms with Gasteiger partial charge in [0.1, 0.15) is 0 Å². The van der Waals surface area contributed by atoms with Crippen LogP contribution in [0.15, 0.2) is 0 Å². The molecule has 0 bridgehead atoms. The van der Waals surface area contributed by atoms with Crippen LogP contribution in [0.4, 0.5) is 0 Å². The maximum atomic E-state index is 3.45. The van der Waals surface area contributed by atoms with Crippen LogP contribution < -0.4 is 5.32 Å². The summed E-state index contributed by atoms with van der Waals surface area (Å²) in [7, 11) is 2.33. The fourth-order valence-corrected chi connectivity index (χ4v) is 3.63. The van der Waals surface area contributed by atoms with Crippen molar-refractivity contribution in [1.82, 2.24) is 15.1 Å². The van der Waals surface area contributed by atoms with Crippen molar-refractivity contribution in [3.05, 3.63) is 0 Å². The van der Waals surface area contributed by atoms with E-state index in [0.29, 0.717) is 5.54 Å². The Bertz CT molecular complexity index is 240. The molecule has 2 rings (SSSR count). The van der Waals surface area contributed by atoms with Gasteiger partial charge in [0.25, 0.3) is 0 Å². The van der Waals surface area contributed by atoms with E-state index >= 15 is 0 Å². The van der Waals surface area contributed by atoms with E-state index in [1.54, 1.807) is 0 Å². The van der Waals surface area contributed by atoms with Gasteiger partial charge in [0.2, 0.25) is 0 Å². The molecule has 0 aromatic carbocycles.